The Labute approximate surface area is 147 Å². The molecule has 24 heavy (non-hydrogen) atoms. The summed E-state index contributed by atoms with van der Waals surface area (Å²) in [4.78, 5) is 13.9. The molecule has 3 rings (SSSR count). The quantitative estimate of drug-likeness (QED) is 0.750. The van der Waals surface area contributed by atoms with Crippen LogP contribution >= 0.6 is 11.3 Å². The molecule has 1 N–H and O–H groups in total. The summed E-state index contributed by atoms with van der Waals surface area (Å²) in [6, 6.07) is 10.9. The highest BCUT2D eigenvalue weighted by molar-refractivity contribution is 7.18. The van der Waals surface area contributed by atoms with E-state index in [0.29, 0.717) is 0 Å². The van der Waals surface area contributed by atoms with Gasteiger partial charge in [0, 0.05) is 11.4 Å². The number of nitrogens with zero attached hydrogens (tertiary/aromatic N) is 3. The number of rotatable bonds is 5. The van der Waals surface area contributed by atoms with Gasteiger partial charge in [0.25, 0.3) is 0 Å². The normalized spacial score (nSPS) is 12.8. The van der Waals surface area contributed by atoms with E-state index in [4.69, 9.17) is 0 Å². The van der Waals surface area contributed by atoms with Gasteiger partial charge in [-0.15, -0.1) is 11.3 Å². The van der Waals surface area contributed by atoms with Crippen LogP contribution in [0.3, 0.4) is 0 Å². The van der Waals surface area contributed by atoms with Crippen LogP contribution in [0.2, 0.25) is 0 Å². The molecule has 0 saturated heterocycles. The Kier molecular flexibility index (Phi) is 4.83. The van der Waals surface area contributed by atoms with Crippen LogP contribution in [0.4, 0.5) is 5.82 Å². The van der Waals surface area contributed by atoms with E-state index in [9.17, 15) is 0 Å². The third-order valence-electron chi connectivity index (χ3n) is 4.41. The Morgan fingerprint density at radius 1 is 1.08 bits per heavy atom. The van der Waals surface area contributed by atoms with Gasteiger partial charge in [0.2, 0.25) is 0 Å². The molecule has 0 bridgehead atoms. The van der Waals surface area contributed by atoms with Crippen LogP contribution in [0.25, 0.3) is 10.2 Å². The largest absolute Gasteiger partial charge is 0.367 e. The summed E-state index contributed by atoms with van der Waals surface area (Å²) in [5.74, 6) is 1.76. The molecule has 0 unspecified atom stereocenters. The summed E-state index contributed by atoms with van der Waals surface area (Å²) in [5.41, 5.74) is 2.58. The molecule has 2 aromatic heterocycles. The Hall–Kier alpha value is -1.98. The molecule has 3 aromatic rings. The van der Waals surface area contributed by atoms with Gasteiger partial charge in [0.15, 0.2) is 0 Å². The molecule has 0 spiro atoms. The number of fused-ring (bicyclic) bond motifs is 1. The third-order valence-corrected chi connectivity index (χ3v) is 5.51. The summed E-state index contributed by atoms with van der Waals surface area (Å²) in [6.45, 7) is 7.05. The number of aryl methyl sites for hydroxylation is 3. The van der Waals surface area contributed by atoms with Crippen molar-refractivity contribution < 1.29 is 0 Å². The van der Waals surface area contributed by atoms with Gasteiger partial charge in [-0.05, 0) is 46.0 Å². The van der Waals surface area contributed by atoms with Crippen molar-refractivity contribution in [1.29, 1.82) is 0 Å². The average molecular weight is 340 g/mol. The van der Waals surface area contributed by atoms with Crippen molar-refractivity contribution in [3.63, 3.8) is 0 Å². The molecule has 0 amide bonds. The van der Waals surface area contributed by atoms with Crippen LogP contribution < -0.4 is 5.32 Å². The van der Waals surface area contributed by atoms with Gasteiger partial charge >= 0.3 is 0 Å². The van der Waals surface area contributed by atoms with Crippen molar-refractivity contribution in [3.05, 3.63) is 52.2 Å². The highest BCUT2D eigenvalue weighted by atomic mass is 32.1. The van der Waals surface area contributed by atoms with E-state index in [1.54, 1.807) is 11.3 Å². The molecule has 0 aliphatic heterocycles. The fourth-order valence-corrected chi connectivity index (χ4v) is 4.03. The molecule has 1 aromatic carbocycles. The van der Waals surface area contributed by atoms with Crippen molar-refractivity contribution in [2.24, 2.45) is 0 Å². The number of hydrogen-bond donors (Lipinski definition) is 1. The number of aromatic nitrogens is 2. The molecule has 5 heteroatoms. The second-order valence-corrected chi connectivity index (χ2v) is 7.56. The second kappa shape index (κ2) is 6.87. The van der Waals surface area contributed by atoms with Crippen LogP contribution in [-0.4, -0.2) is 35.5 Å². The zero-order valence-electron chi connectivity index (χ0n) is 14.9. The van der Waals surface area contributed by atoms with Crippen molar-refractivity contribution in [1.82, 2.24) is 14.9 Å². The first-order valence-electron chi connectivity index (χ1n) is 8.17. The molecular formula is C19H24N4S. The van der Waals surface area contributed by atoms with Crippen molar-refractivity contribution in [2.45, 2.75) is 26.8 Å². The molecule has 0 radical (unpaired) electrons. The number of likely N-dealkylation sites (N-methyl/N-ethyl adjacent to an activating group) is 1. The molecule has 0 aliphatic rings. The summed E-state index contributed by atoms with van der Waals surface area (Å²) >= 11 is 1.74. The van der Waals surface area contributed by atoms with E-state index in [1.165, 1.54) is 16.0 Å². The lowest BCUT2D eigenvalue weighted by Crippen LogP contribution is -2.27. The molecule has 2 heterocycles. The SMILES string of the molecule is Cc1nc(NC[C@H](c2ccccc2)N(C)C)c2c(C)c(C)sc2n1. The topological polar surface area (TPSA) is 41.1 Å². The van der Waals surface area contributed by atoms with Gasteiger partial charge in [-0.3, -0.25) is 0 Å². The molecule has 0 aliphatic carbocycles. The van der Waals surface area contributed by atoms with Crippen LogP contribution in [0.15, 0.2) is 30.3 Å². The minimum atomic E-state index is 0.288. The molecule has 0 saturated carbocycles. The predicted molar refractivity (Wildman–Crippen MR) is 103 cm³/mol. The van der Waals surface area contributed by atoms with Crippen LogP contribution in [0.5, 0.6) is 0 Å². The smallest absolute Gasteiger partial charge is 0.138 e. The summed E-state index contributed by atoms with van der Waals surface area (Å²) in [5, 5.41) is 4.74. The first-order chi connectivity index (χ1) is 11.5. The van der Waals surface area contributed by atoms with E-state index >= 15 is 0 Å². The fraction of sp³-hybridized carbons (Fsp3) is 0.368. The maximum atomic E-state index is 4.67. The van der Waals surface area contributed by atoms with Crippen molar-refractivity contribution in [3.8, 4) is 0 Å². The van der Waals surface area contributed by atoms with Crippen LogP contribution in [-0.2, 0) is 0 Å². The van der Waals surface area contributed by atoms with Crippen molar-refractivity contribution in [2.75, 3.05) is 26.0 Å². The number of thiophene rings is 1. The van der Waals surface area contributed by atoms with E-state index in [1.807, 2.05) is 6.92 Å². The Balaban J connectivity index is 1.92. The average Bonchev–Trinajstić information content (AvgIpc) is 2.82. The lowest BCUT2D eigenvalue weighted by Gasteiger charge is -2.25. The number of benzene rings is 1. The summed E-state index contributed by atoms with van der Waals surface area (Å²) in [7, 11) is 4.22. The van der Waals surface area contributed by atoms with E-state index in [0.717, 1.165) is 28.4 Å². The first kappa shape index (κ1) is 16.9. The zero-order chi connectivity index (χ0) is 17.3. The van der Waals surface area contributed by atoms with Crippen molar-refractivity contribution >= 4 is 27.4 Å². The molecule has 4 nitrogen and oxygen atoms in total. The molecule has 126 valence electrons. The minimum Gasteiger partial charge on any atom is -0.367 e. The number of anilines is 1. The lowest BCUT2D eigenvalue weighted by molar-refractivity contribution is 0.311. The molecule has 0 fully saturated rings. The molecule has 1 atom stereocenters. The lowest BCUT2D eigenvalue weighted by atomic mass is 10.1. The van der Waals surface area contributed by atoms with Gasteiger partial charge in [-0.1, -0.05) is 30.3 Å². The Bertz CT molecular complexity index is 839. The summed E-state index contributed by atoms with van der Waals surface area (Å²) < 4.78 is 0. The fourth-order valence-electron chi connectivity index (χ4n) is 2.95. The monoisotopic (exact) mass is 340 g/mol. The standard InChI is InChI=1S/C19H24N4S/c1-12-13(2)24-19-17(12)18(21-14(3)22-19)20-11-16(23(4)5)15-9-7-6-8-10-15/h6-10,16H,11H2,1-5H3,(H,20,21,22)/t16-/m1/s1. The maximum absolute atomic E-state index is 4.67. The van der Waals surface area contributed by atoms with E-state index in [2.05, 4.69) is 78.5 Å². The Morgan fingerprint density at radius 2 is 1.79 bits per heavy atom. The van der Waals surface area contributed by atoms with E-state index in [-0.39, 0.29) is 6.04 Å². The minimum absolute atomic E-state index is 0.288. The first-order valence-corrected chi connectivity index (χ1v) is 8.98. The highest BCUT2D eigenvalue weighted by Gasteiger charge is 2.17. The number of hydrogen-bond acceptors (Lipinski definition) is 5. The van der Waals surface area contributed by atoms with Gasteiger partial charge in [0.05, 0.1) is 11.4 Å². The van der Waals surface area contributed by atoms with Crippen LogP contribution in [0.1, 0.15) is 27.9 Å². The van der Waals surface area contributed by atoms with E-state index < -0.39 is 0 Å². The Morgan fingerprint density at radius 3 is 2.46 bits per heavy atom. The second-order valence-electron chi connectivity index (χ2n) is 6.35. The number of nitrogens with one attached hydrogen (secondary N) is 1. The zero-order valence-corrected chi connectivity index (χ0v) is 15.7. The third kappa shape index (κ3) is 3.28. The van der Waals surface area contributed by atoms with Crippen LogP contribution in [0, 0.1) is 20.8 Å². The molecular weight excluding hydrogens is 316 g/mol. The van der Waals surface area contributed by atoms with Gasteiger partial charge < -0.3 is 10.2 Å². The highest BCUT2D eigenvalue weighted by Crippen LogP contribution is 2.33. The van der Waals surface area contributed by atoms with Gasteiger partial charge in [-0.25, -0.2) is 9.97 Å². The maximum Gasteiger partial charge on any atom is 0.138 e. The summed E-state index contributed by atoms with van der Waals surface area (Å²) in [6.07, 6.45) is 0. The van der Waals surface area contributed by atoms with Gasteiger partial charge in [-0.2, -0.15) is 0 Å². The predicted octanol–water partition coefficient (Wildman–Crippen LogP) is 4.33. The van der Waals surface area contributed by atoms with Gasteiger partial charge in [0.1, 0.15) is 16.5 Å².